The van der Waals surface area contributed by atoms with E-state index in [0.717, 1.165) is 35.8 Å². The van der Waals surface area contributed by atoms with Crippen molar-refractivity contribution in [3.8, 4) is 0 Å². The minimum absolute atomic E-state index is 0.104. The molecule has 1 fully saturated rings. The van der Waals surface area contributed by atoms with E-state index in [1.54, 1.807) is 24.9 Å². The second kappa shape index (κ2) is 7.12. The number of ether oxygens (including phenoxy) is 1. The number of halogens is 1. The topological polar surface area (TPSA) is 21.3 Å². The maximum absolute atomic E-state index is 13.8. The molecule has 4 heteroatoms. The first-order valence-corrected chi connectivity index (χ1v) is 7.41. The maximum atomic E-state index is 13.8. The number of methoxy groups -OCH3 is 1. The van der Waals surface area contributed by atoms with Gasteiger partial charge in [-0.2, -0.15) is 0 Å². The zero-order chi connectivity index (χ0) is 12.8. The minimum Gasteiger partial charge on any atom is -0.385 e. The quantitative estimate of drug-likeness (QED) is 0.578. The Morgan fingerprint density at radius 1 is 1.44 bits per heavy atom. The SMILES string of the molecule is COCCCSc1ccc(CNC2CC2)cc1F. The molecule has 0 radical (unpaired) electrons. The number of hydrogen-bond donors (Lipinski definition) is 1. The lowest BCUT2D eigenvalue weighted by atomic mass is 10.2. The van der Waals surface area contributed by atoms with Crippen molar-refractivity contribution in [2.24, 2.45) is 0 Å². The Balaban J connectivity index is 1.79. The normalized spacial score (nSPS) is 15.0. The Morgan fingerprint density at radius 3 is 2.94 bits per heavy atom. The Kier molecular flexibility index (Phi) is 5.47. The van der Waals surface area contributed by atoms with Gasteiger partial charge in [0.05, 0.1) is 0 Å². The third-order valence-electron chi connectivity index (χ3n) is 2.92. The van der Waals surface area contributed by atoms with Gasteiger partial charge in [0.15, 0.2) is 0 Å². The summed E-state index contributed by atoms with van der Waals surface area (Å²) in [6.45, 7) is 1.51. The van der Waals surface area contributed by atoms with E-state index in [2.05, 4.69) is 5.32 Å². The van der Waals surface area contributed by atoms with Crippen LogP contribution in [0.25, 0.3) is 0 Å². The first-order valence-electron chi connectivity index (χ1n) is 6.43. The van der Waals surface area contributed by atoms with Crippen molar-refractivity contribution in [2.75, 3.05) is 19.5 Å². The Morgan fingerprint density at radius 2 is 2.28 bits per heavy atom. The van der Waals surface area contributed by atoms with Crippen molar-refractivity contribution in [2.45, 2.75) is 36.7 Å². The minimum atomic E-state index is -0.104. The van der Waals surface area contributed by atoms with Crippen molar-refractivity contribution < 1.29 is 9.13 Å². The molecule has 1 N–H and O–H groups in total. The summed E-state index contributed by atoms with van der Waals surface area (Å²) in [7, 11) is 1.69. The summed E-state index contributed by atoms with van der Waals surface area (Å²) in [5, 5.41) is 3.39. The van der Waals surface area contributed by atoms with E-state index in [9.17, 15) is 4.39 Å². The lowest BCUT2D eigenvalue weighted by Crippen LogP contribution is -2.15. The molecule has 0 heterocycles. The van der Waals surface area contributed by atoms with Gasteiger partial charge in [0.2, 0.25) is 0 Å². The second-order valence-electron chi connectivity index (χ2n) is 4.61. The highest BCUT2D eigenvalue weighted by Crippen LogP contribution is 2.24. The average Bonchev–Trinajstić information content (AvgIpc) is 3.18. The molecule has 1 aromatic carbocycles. The zero-order valence-electron chi connectivity index (χ0n) is 10.7. The Hall–Kier alpha value is -0.580. The Bertz CT molecular complexity index is 382. The van der Waals surface area contributed by atoms with E-state index in [-0.39, 0.29) is 5.82 Å². The number of thioether (sulfide) groups is 1. The summed E-state index contributed by atoms with van der Waals surface area (Å²) in [6, 6.07) is 6.21. The standard InChI is InChI=1S/C14H20FNOS/c1-17-7-2-8-18-14-6-3-11(9-13(14)15)10-16-12-4-5-12/h3,6,9,12,16H,2,4-5,7-8,10H2,1H3. The summed E-state index contributed by atoms with van der Waals surface area (Å²) >= 11 is 1.56. The van der Waals surface area contributed by atoms with Gasteiger partial charge in [-0.1, -0.05) is 6.07 Å². The fourth-order valence-corrected chi connectivity index (χ4v) is 2.55. The van der Waals surface area contributed by atoms with Crippen molar-refractivity contribution in [1.82, 2.24) is 5.32 Å². The highest BCUT2D eigenvalue weighted by Gasteiger charge is 2.20. The first-order chi connectivity index (χ1) is 8.79. The molecule has 18 heavy (non-hydrogen) atoms. The molecule has 2 rings (SSSR count). The van der Waals surface area contributed by atoms with Crippen molar-refractivity contribution in [3.05, 3.63) is 29.6 Å². The van der Waals surface area contributed by atoms with E-state index in [1.807, 2.05) is 12.1 Å². The predicted molar refractivity (Wildman–Crippen MR) is 73.5 cm³/mol. The van der Waals surface area contributed by atoms with Gasteiger partial charge in [0.25, 0.3) is 0 Å². The van der Waals surface area contributed by atoms with E-state index < -0.39 is 0 Å². The molecule has 1 aliphatic carbocycles. The molecule has 0 bridgehead atoms. The molecule has 0 aliphatic heterocycles. The van der Waals surface area contributed by atoms with E-state index >= 15 is 0 Å². The summed E-state index contributed by atoms with van der Waals surface area (Å²) < 4.78 is 18.8. The van der Waals surface area contributed by atoms with E-state index in [0.29, 0.717) is 6.04 Å². The molecule has 0 atom stereocenters. The van der Waals surface area contributed by atoms with Crippen LogP contribution >= 0.6 is 11.8 Å². The lowest BCUT2D eigenvalue weighted by molar-refractivity contribution is 0.200. The van der Waals surface area contributed by atoms with Crippen LogP contribution in [0.4, 0.5) is 4.39 Å². The van der Waals surface area contributed by atoms with Crippen molar-refractivity contribution in [1.29, 1.82) is 0 Å². The van der Waals surface area contributed by atoms with Crippen molar-refractivity contribution >= 4 is 11.8 Å². The fraction of sp³-hybridized carbons (Fsp3) is 0.571. The van der Waals surface area contributed by atoms with Gasteiger partial charge in [-0.05, 0) is 37.0 Å². The largest absolute Gasteiger partial charge is 0.385 e. The van der Waals surface area contributed by atoms with Crippen LogP contribution < -0.4 is 5.32 Å². The molecule has 0 saturated heterocycles. The highest BCUT2D eigenvalue weighted by atomic mass is 32.2. The summed E-state index contributed by atoms with van der Waals surface area (Å²) in [5.74, 6) is 0.789. The lowest BCUT2D eigenvalue weighted by Gasteiger charge is -2.07. The van der Waals surface area contributed by atoms with E-state index in [1.165, 1.54) is 12.8 Å². The monoisotopic (exact) mass is 269 g/mol. The van der Waals surface area contributed by atoms with Gasteiger partial charge in [-0.3, -0.25) is 0 Å². The van der Waals surface area contributed by atoms with Crippen LogP contribution in [0.3, 0.4) is 0 Å². The molecular weight excluding hydrogens is 249 g/mol. The number of rotatable bonds is 8. The Labute approximate surface area is 112 Å². The molecule has 1 aliphatic rings. The number of hydrogen-bond acceptors (Lipinski definition) is 3. The second-order valence-corrected chi connectivity index (χ2v) is 5.75. The average molecular weight is 269 g/mol. The predicted octanol–water partition coefficient (Wildman–Crippen LogP) is 3.21. The first kappa shape index (κ1) is 13.8. The van der Waals surface area contributed by atoms with Crippen LogP contribution in [0.1, 0.15) is 24.8 Å². The summed E-state index contributed by atoms with van der Waals surface area (Å²) in [6.07, 6.45) is 3.47. The number of benzene rings is 1. The number of nitrogens with one attached hydrogen (secondary N) is 1. The molecule has 0 unspecified atom stereocenters. The third kappa shape index (κ3) is 4.59. The van der Waals surface area contributed by atoms with Gasteiger partial charge in [-0.25, -0.2) is 4.39 Å². The van der Waals surface area contributed by atoms with E-state index in [4.69, 9.17) is 4.74 Å². The highest BCUT2D eigenvalue weighted by molar-refractivity contribution is 7.99. The van der Waals surface area contributed by atoms with Crippen LogP contribution in [0.2, 0.25) is 0 Å². The van der Waals surface area contributed by atoms with Crippen LogP contribution in [0.5, 0.6) is 0 Å². The zero-order valence-corrected chi connectivity index (χ0v) is 11.6. The molecule has 2 nitrogen and oxygen atoms in total. The molecule has 1 aromatic rings. The van der Waals surface area contributed by atoms with Crippen LogP contribution in [-0.2, 0) is 11.3 Å². The van der Waals surface area contributed by atoms with Gasteiger partial charge >= 0.3 is 0 Å². The molecular formula is C14H20FNOS. The van der Waals surface area contributed by atoms with Crippen LogP contribution in [-0.4, -0.2) is 25.5 Å². The smallest absolute Gasteiger partial charge is 0.137 e. The fourth-order valence-electron chi connectivity index (χ4n) is 1.71. The molecule has 0 amide bonds. The van der Waals surface area contributed by atoms with Crippen LogP contribution in [0, 0.1) is 5.82 Å². The summed E-state index contributed by atoms with van der Waals surface area (Å²) in [4.78, 5) is 0.737. The van der Waals surface area contributed by atoms with Gasteiger partial charge in [-0.15, -0.1) is 11.8 Å². The maximum Gasteiger partial charge on any atom is 0.137 e. The summed E-state index contributed by atoms with van der Waals surface area (Å²) in [5.41, 5.74) is 1.03. The van der Waals surface area contributed by atoms with Gasteiger partial charge in [0.1, 0.15) is 5.82 Å². The molecule has 1 saturated carbocycles. The van der Waals surface area contributed by atoms with Gasteiger partial charge < -0.3 is 10.1 Å². The molecule has 0 aromatic heterocycles. The van der Waals surface area contributed by atoms with Crippen LogP contribution in [0.15, 0.2) is 23.1 Å². The van der Waals surface area contributed by atoms with Gasteiger partial charge in [0, 0.05) is 37.0 Å². The van der Waals surface area contributed by atoms with Crippen molar-refractivity contribution in [3.63, 3.8) is 0 Å². The third-order valence-corrected chi connectivity index (χ3v) is 4.05. The molecule has 0 spiro atoms. The molecule has 100 valence electrons.